The van der Waals surface area contributed by atoms with Crippen LogP contribution in [0.1, 0.15) is 39.9 Å². The van der Waals surface area contributed by atoms with Gasteiger partial charge in [0.15, 0.2) is 0 Å². The van der Waals surface area contributed by atoms with E-state index in [1.807, 2.05) is 48.8 Å². The molecule has 0 saturated carbocycles. The zero-order valence-corrected chi connectivity index (χ0v) is 32.7. The Labute approximate surface area is 336 Å². The van der Waals surface area contributed by atoms with E-state index < -0.39 is 6.17 Å². The Morgan fingerprint density at radius 2 is 1.38 bits per heavy atom. The number of hydrogen-bond donors (Lipinski definition) is 4. The molecular formula is C46H47FN10O. The van der Waals surface area contributed by atoms with Crippen LogP contribution in [-0.4, -0.2) is 78.8 Å². The highest BCUT2D eigenvalue weighted by Gasteiger charge is 2.18. The number of nitrogen functional groups attached to an aromatic ring is 1. The van der Waals surface area contributed by atoms with E-state index in [-0.39, 0.29) is 5.91 Å². The van der Waals surface area contributed by atoms with Gasteiger partial charge in [-0.2, -0.15) is 5.10 Å². The highest BCUT2D eigenvalue weighted by Crippen LogP contribution is 2.29. The van der Waals surface area contributed by atoms with Crippen molar-refractivity contribution in [3.8, 4) is 22.3 Å². The monoisotopic (exact) mass is 774 g/mol. The average Bonchev–Trinajstić information content (AvgIpc) is 3.98. The molecule has 9 rings (SSSR count). The summed E-state index contributed by atoms with van der Waals surface area (Å²) in [5, 5.41) is 9.14. The molecule has 0 spiro atoms. The molecule has 3 aromatic carbocycles. The van der Waals surface area contributed by atoms with Crippen LogP contribution >= 0.6 is 0 Å². The minimum Gasteiger partial charge on any atom is -0.397 e. The van der Waals surface area contributed by atoms with Gasteiger partial charge in [0.25, 0.3) is 5.91 Å². The summed E-state index contributed by atoms with van der Waals surface area (Å²) < 4.78 is 15.0. The number of nitrogens with zero attached hydrogens (tertiary/aromatic N) is 6. The molecule has 294 valence electrons. The van der Waals surface area contributed by atoms with Crippen LogP contribution in [0.2, 0.25) is 0 Å². The van der Waals surface area contributed by atoms with Crippen LogP contribution in [0.4, 0.5) is 15.8 Å². The maximum Gasteiger partial charge on any atom is 0.258 e. The maximum atomic E-state index is 13.2. The second-order valence-corrected chi connectivity index (χ2v) is 15.1. The molecule has 1 aliphatic heterocycles. The highest BCUT2D eigenvalue weighted by atomic mass is 19.1. The lowest BCUT2D eigenvalue weighted by Crippen LogP contribution is -2.33. The van der Waals surface area contributed by atoms with Crippen molar-refractivity contribution in [2.45, 2.75) is 38.6 Å². The lowest BCUT2D eigenvalue weighted by molar-refractivity contribution is 0.102. The van der Waals surface area contributed by atoms with Gasteiger partial charge >= 0.3 is 0 Å². The Hall–Kier alpha value is -6.63. The molecule has 1 aliphatic rings. The normalized spacial score (nSPS) is 13.5. The van der Waals surface area contributed by atoms with Gasteiger partial charge in [0.2, 0.25) is 0 Å². The molecule has 11 nitrogen and oxygen atoms in total. The van der Waals surface area contributed by atoms with Crippen LogP contribution in [-0.2, 0) is 19.6 Å². The number of H-pyrrole nitrogens is 2. The number of pyridine rings is 2. The summed E-state index contributed by atoms with van der Waals surface area (Å²) >= 11 is 0. The summed E-state index contributed by atoms with van der Waals surface area (Å²) in [7, 11) is 4.11. The fourth-order valence-electron chi connectivity index (χ4n) is 7.27. The van der Waals surface area contributed by atoms with Crippen LogP contribution in [0.3, 0.4) is 0 Å². The molecular weight excluding hydrogens is 728 g/mol. The molecule has 0 unspecified atom stereocenters. The van der Waals surface area contributed by atoms with Crippen LogP contribution in [0, 0.1) is 0 Å². The third-order valence-corrected chi connectivity index (χ3v) is 10.4. The number of hydrogen-bond acceptors (Lipinski definition) is 7. The van der Waals surface area contributed by atoms with Gasteiger partial charge < -0.3 is 25.9 Å². The van der Waals surface area contributed by atoms with Gasteiger partial charge in [0.05, 0.1) is 29.7 Å². The smallest absolute Gasteiger partial charge is 0.258 e. The fourth-order valence-corrected chi connectivity index (χ4v) is 7.27. The summed E-state index contributed by atoms with van der Waals surface area (Å²) in [5.41, 5.74) is 17.3. The molecule has 0 bridgehead atoms. The number of carbonyl (C=O) groups is 1. The Balaban J connectivity index is 0.000000172. The van der Waals surface area contributed by atoms with E-state index in [1.165, 1.54) is 11.1 Å². The number of amides is 1. The van der Waals surface area contributed by atoms with Crippen molar-refractivity contribution in [1.82, 2.24) is 39.5 Å². The Kier molecular flexibility index (Phi) is 11.4. The minimum atomic E-state index is -0.619. The Morgan fingerprint density at radius 1 is 0.776 bits per heavy atom. The molecule has 12 heteroatoms. The Morgan fingerprint density at radius 3 is 2.05 bits per heavy atom. The van der Waals surface area contributed by atoms with Gasteiger partial charge in [-0.25, -0.2) is 14.4 Å². The maximum absolute atomic E-state index is 13.2. The number of alkyl halides is 1. The van der Waals surface area contributed by atoms with Crippen molar-refractivity contribution < 1.29 is 9.18 Å². The summed E-state index contributed by atoms with van der Waals surface area (Å²) in [6.07, 6.45) is 11.3. The topological polar surface area (TPSA) is 137 Å². The molecule has 6 heterocycles. The molecule has 8 aromatic rings. The third-order valence-electron chi connectivity index (χ3n) is 10.4. The van der Waals surface area contributed by atoms with Crippen molar-refractivity contribution in [3.63, 3.8) is 0 Å². The quantitative estimate of drug-likeness (QED) is 0.109. The molecule has 58 heavy (non-hydrogen) atoms. The van der Waals surface area contributed by atoms with Crippen molar-refractivity contribution >= 4 is 39.3 Å². The first-order valence-electron chi connectivity index (χ1n) is 19.5. The lowest BCUT2D eigenvalue weighted by Gasteiger charge is -2.28. The van der Waals surface area contributed by atoms with Crippen LogP contribution < -0.4 is 11.1 Å². The number of likely N-dealkylation sites (tertiary alicyclic amines) is 1. The first-order valence-corrected chi connectivity index (χ1v) is 19.5. The zero-order chi connectivity index (χ0) is 40.0. The molecule has 1 saturated heterocycles. The molecule has 5 N–H and O–H groups in total. The number of carbonyl (C=O) groups excluding carboxylic acids is 1. The number of aromatic nitrogens is 6. The van der Waals surface area contributed by atoms with Crippen molar-refractivity contribution in [3.05, 3.63) is 150 Å². The first kappa shape index (κ1) is 38.3. The molecule has 0 radical (unpaired) electrons. The standard InChI is InChI=1S/C27H26N6O.C19H21FN4/c1-32(2)16-20-8-10-21(11-9-20)22-12-24-25(15-29-26(24)28-13-22)31-27(34)23-14-30-33(18-23)17-19-6-4-3-5-7-19;20-16-5-7-24(8-6-16)12-13-1-3-14(4-2-13)15-9-17-18(21)11-23-19(17)22-10-15/h3-15,18H,16-17H2,1-2H3,(H,28,29)(H,31,34);1-4,9-11,16H,5-8,12,21H2,(H,22,23). The van der Waals surface area contributed by atoms with E-state index in [0.29, 0.717) is 36.3 Å². The van der Waals surface area contributed by atoms with Crippen molar-refractivity contribution in [2.75, 3.05) is 38.2 Å². The van der Waals surface area contributed by atoms with E-state index >= 15 is 0 Å². The second kappa shape index (κ2) is 17.2. The van der Waals surface area contributed by atoms with E-state index in [4.69, 9.17) is 5.73 Å². The summed E-state index contributed by atoms with van der Waals surface area (Å²) in [5.74, 6) is -0.210. The highest BCUT2D eigenvalue weighted by molar-refractivity contribution is 6.08. The van der Waals surface area contributed by atoms with Crippen LogP contribution in [0.15, 0.2) is 128 Å². The number of halogens is 1. The van der Waals surface area contributed by atoms with Crippen molar-refractivity contribution in [1.29, 1.82) is 0 Å². The van der Waals surface area contributed by atoms with E-state index in [2.05, 4.69) is 109 Å². The largest absolute Gasteiger partial charge is 0.397 e. The number of nitrogens with two attached hydrogens (primary N) is 1. The number of rotatable bonds is 10. The van der Waals surface area contributed by atoms with Gasteiger partial charge in [0, 0.05) is 79.1 Å². The first-order chi connectivity index (χ1) is 28.2. The Bertz CT molecular complexity index is 2600. The molecule has 5 aromatic heterocycles. The number of benzene rings is 3. The van der Waals surface area contributed by atoms with Gasteiger partial charge in [-0.1, -0.05) is 78.9 Å². The van der Waals surface area contributed by atoms with Gasteiger partial charge in [-0.3, -0.25) is 14.4 Å². The SMILES string of the molecule is CN(C)Cc1ccc(-c2cnc3[nH]cc(NC(=O)c4cnn(Cc5ccccc5)c4)c3c2)cc1.Nc1c[nH]c2ncc(-c3ccc(CN4CCC(F)CC4)cc3)cc12. The van der Waals surface area contributed by atoms with E-state index in [0.717, 1.165) is 76.1 Å². The fraction of sp³-hybridized carbons (Fsp3) is 0.217. The number of fused-ring (bicyclic) bond motifs is 2. The van der Waals surface area contributed by atoms with Crippen LogP contribution in [0.25, 0.3) is 44.3 Å². The number of piperidine rings is 1. The molecule has 0 aliphatic carbocycles. The predicted octanol–water partition coefficient (Wildman–Crippen LogP) is 8.53. The summed E-state index contributed by atoms with van der Waals surface area (Å²) in [4.78, 5) is 32.5. The lowest BCUT2D eigenvalue weighted by atomic mass is 10.0. The van der Waals surface area contributed by atoms with Gasteiger partial charge in [0.1, 0.15) is 17.5 Å². The molecule has 1 fully saturated rings. The minimum absolute atomic E-state index is 0.210. The number of aromatic amines is 2. The van der Waals surface area contributed by atoms with E-state index in [1.54, 1.807) is 29.5 Å². The summed E-state index contributed by atoms with van der Waals surface area (Å²) in [6.45, 7) is 4.08. The van der Waals surface area contributed by atoms with Gasteiger partial charge in [-0.05, 0) is 66.9 Å². The number of anilines is 2. The molecule has 0 atom stereocenters. The van der Waals surface area contributed by atoms with Crippen LogP contribution in [0.5, 0.6) is 0 Å². The predicted molar refractivity (Wildman–Crippen MR) is 230 cm³/mol. The van der Waals surface area contributed by atoms with Gasteiger partial charge in [-0.15, -0.1) is 0 Å². The summed E-state index contributed by atoms with van der Waals surface area (Å²) in [6, 6.07) is 31.1. The zero-order valence-electron chi connectivity index (χ0n) is 32.7. The third kappa shape index (κ3) is 9.15. The second-order valence-electron chi connectivity index (χ2n) is 15.1. The van der Waals surface area contributed by atoms with E-state index in [9.17, 15) is 9.18 Å². The average molecular weight is 775 g/mol. The molecule has 1 amide bonds. The number of nitrogens with one attached hydrogen (secondary N) is 3. The van der Waals surface area contributed by atoms with Crippen molar-refractivity contribution in [2.24, 2.45) is 0 Å².